The fourth-order valence-electron chi connectivity index (χ4n) is 8.50. The topological polar surface area (TPSA) is 85.8 Å². The first kappa shape index (κ1) is 31.9. The lowest BCUT2D eigenvalue weighted by Gasteiger charge is -2.49. The Hall–Kier alpha value is -2.63. The fraction of sp³-hybridized carbons (Fsp3) is 0.618. The van der Waals surface area contributed by atoms with Gasteiger partial charge in [-0.05, 0) is 64.5 Å². The van der Waals surface area contributed by atoms with Gasteiger partial charge < -0.3 is 19.4 Å². The Morgan fingerprint density at radius 3 is 2.67 bits per heavy atom. The molecule has 3 aromatic rings. The minimum Gasteiger partial charge on any atom is -0.378 e. The Balaban J connectivity index is 1.20. The van der Waals surface area contributed by atoms with Gasteiger partial charge in [0.15, 0.2) is 5.82 Å². The maximum atomic E-state index is 12.3. The predicted octanol–water partition coefficient (Wildman–Crippen LogP) is 5.40. The number of hydrogen-bond donors (Lipinski definition) is 1. The highest BCUT2D eigenvalue weighted by Crippen LogP contribution is 2.48. The number of nitrogens with zero attached hydrogens (tertiary/aromatic N) is 7. The largest absolute Gasteiger partial charge is 0.378 e. The molecule has 0 radical (unpaired) electrons. The average Bonchev–Trinajstić information content (AvgIpc) is 3.65. The van der Waals surface area contributed by atoms with Crippen LogP contribution in [0.3, 0.4) is 0 Å². The third kappa shape index (κ3) is 5.85. The van der Waals surface area contributed by atoms with Crippen molar-refractivity contribution in [3.63, 3.8) is 0 Å². The van der Waals surface area contributed by atoms with Crippen LogP contribution in [-0.4, -0.2) is 118 Å². The predicted molar refractivity (Wildman–Crippen MR) is 184 cm³/mol. The molecule has 4 fully saturated rings. The number of H-pyrrole nitrogens is 1. The number of piperidine rings is 2. The van der Waals surface area contributed by atoms with Gasteiger partial charge in [-0.3, -0.25) is 19.5 Å². The van der Waals surface area contributed by atoms with E-state index in [1.54, 1.807) is 0 Å². The van der Waals surface area contributed by atoms with E-state index < -0.39 is 0 Å². The fourth-order valence-corrected chi connectivity index (χ4v) is 8.96. The number of fused-ring (bicyclic) bond motifs is 2. The highest BCUT2D eigenvalue weighted by molar-refractivity contribution is 6.45. The monoisotopic (exact) mass is 668 g/mol. The molecule has 6 heterocycles. The van der Waals surface area contributed by atoms with Crippen molar-refractivity contribution in [2.45, 2.75) is 64.1 Å². The minimum absolute atomic E-state index is 0.0105. The number of nitrogens with one attached hydrogen (secondary N) is 1. The summed E-state index contributed by atoms with van der Waals surface area (Å²) >= 11 is 13.8. The number of aromatic amines is 1. The van der Waals surface area contributed by atoms with Crippen molar-refractivity contribution in [2.24, 2.45) is 5.92 Å². The number of ether oxygens (including phenoxy) is 1. The SMILES string of the molecule is C=CC(=O)N1CCC(n2nc(N3CC[C@@H](CN4CCN5CCOC[C@@H]5C4)CC3(C)C)c(-c3c(Cl)c(Cl)cc4[nH]ncc34)c2C)CC1. The lowest BCUT2D eigenvalue weighted by atomic mass is 9.81. The van der Waals surface area contributed by atoms with Gasteiger partial charge >= 0.3 is 0 Å². The molecule has 4 aliphatic rings. The first-order valence-corrected chi connectivity index (χ1v) is 17.5. The van der Waals surface area contributed by atoms with E-state index in [2.05, 4.69) is 56.9 Å². The molecule has 0 spiro atoms. The van der Waals surface area contributed by atoms with Crippen LogP contribution in [0.25, 0.3) is 22.0 Å². The van der Waals surface area contributed by atoms with Gasteiger partial charge in [0.05, 0.1) is 41.0 Å². The summed E-state index contributed by atoms with van der Waals surface area (Å²) in [4.78, 5) is 22.0. The lowest BCUT2D eigenvalue weighted by Crippen LogP contribution is -2.59. The minimum atomic E-state index is -0.126. The molecule has 248 valence electrons. The van der Waals surface area contributed by atoms with E-state index in [0.29, 0.717) is 35.1 Å². The van der Waals surface area contributed by atoms with Crippen molar-refractivity contribution in [2.75, 3.05) is 70.5 Å². The Morgan fingerprint density at radius 2 is 1.91 bits per heavy atom. The van der Waals surface area contributed by atoms with E-state index >= 15 is 0 Å². The number of carbonyl (C=O) groups excluding carboxylic acids is 1. The van der Waals surface area contributed by atoms with Gasteiger partial charge in [0.25, 0.3) is 0 Å². The normalized spacial score (nSPS) is 24.8. The smallest absolute Gasteiger partial charge is 0.245 e. The summed E-state index contributed by atoms with van der Waals surface area (Å²) in [6.45, 7) is 20.1. The molecule has 0 bridgehead atoms. The van der Waals surface area contributed by atoms with Crippen LogP contribution >= 0.6 is 23.2 Å². The van der Waals surface area contributed by atoms with Gasteiger partial charge in [-0.15, -0.1) is 0 Å². The van der Waals surface area contributed by atoms with Crippen LogP contribution in [0, 0.1) is 12.8 Å². The molecule has 46 heavy (non-hydrogen) atoms. The molecule has 2 aromatic heterocycles. The molecule has 1 N–H and O–H groups in total. The zero-order valence-electron chi connectivity index (χ0n) is 27.3. The molecular weight excluding hydrogens is 623 g/mol. The number of likely N-dealkylation sites (tertiary alicyclic amines) is 1. The van der Waals surface area contributed by atoms with Gasteiger partial charge in [0, 0.05) is 86.1 Å². The van der Waals surface area contributed by atoms with Crippen molar-refractivity contribution < 1.29 is 9.53 Å². The average molecular weight is 670 g/mol. The second kappa shape index (κ2) is 12.8. The molecule has 1 aromatic carbocycles. The molecule has 0 aliphatic carbocycles. The highest BCUT2D eigenvalue weighted by Gasteiger charge is 2.41. The Morgan fingerprint density at radius 1 is 1.11 bits per heavy atom. The van der Waals surface area contributed by atoms with E-state index in [-0.39, 0.29) is 17.5 Å². The number of aromatic nitrogens is 4. The molecule has 4 aliphatic heterocycles. The Bertz CT molecular complexity index is 1610. The third-order valence-corrected chi connectivity index (χ3v) is 11.7. The van der Waals surface area contributed by atoms with E-state index in [1.807, 2.05) is 17.2 Å². The molecule has 0 unspecified atom stereocenters. The summed E-state index contributed by atoms with van der Waals surface area (Å²) in [7, 11) is 0. The van der Waals surface area contributed by atoms with Crippen LogP contribution in [0.1, 0.15) is 51.3 Å². The highest BCUT2D eigenvalue weighted by atomic mass is 35.5. The van der Waals surface area contributed by atoms with Crippen LogP contribution in [0.4, 0.5) is 5.82 Å². The van der Waals surface area contributed by atoms with Gasteiger partial charge in [-0.2, -0.15) is 10.2 Å². The van der Waals surface area contributed by atoms with Crippen LogP contribution in [-0.2, 0) is 9.53 Å². The molecule has 2 atom stereocenters. The summed E-state index contributed by atoms with van der Waals surface area (Å²) in [5.41, 5.74) is 3.67. The summed E-state index contributed by atoms with van der Waals surface area (Å²) in [6, 6.07) is 2.53. The lowest BCUT2D eigenvalue weighted by molar-refractivity contribution is -0.127. The second-order valence-corrected chi connectivity index (χ2v) is 15.0. The number of hydrogen-bond acceptors (Lipinski definition) is 7. The van der Waals surface area contributed by atoms with Crippen LogP contribution in [0.2, 0.25) is 10.0 Å². The molecule has 4 saturated heterocycles. The Kier molecular flexibility index (Phi) is 8.86. The first-order chi connectivity index (χ1) is 22.1. The van der Waals surface area contributed by atoms with E-state index in [4.69, 9.17) is 33.0 Å². The van der Waals surface area contributed by atoms with E-state index in [0.717, 1.165) is 112 Å². The van der Waals surface area contributed by atoms with Crippen molar-refractivity contribution in [1.29, 1.82) is 0 Å². The molecular formula is C34H46Cl2N8O2. The molecule has 10 nitrogen and oxygen atoms in total. The summed E-state index contributed by atoms with van der Waals surface area (Å²) in [6.07, 6.45) is 7.07. The summed E-state index contributed by atoms with van der Waals surface area (Å²) < 4.78 is 8.00. The number of rotatable bonds is 6. The maximum Gasteiger partial charge on any atom is 0.245 e. The van der Waals surface area contributed by atoms with Crippen LogP contribution in [0.5, 0.6) is 0 Å². The second-order valence-electron chi connectivity index (χ2n) is 14.2. The third-order valence-electron chi connectivity index (χ3n) is 10.9. The number of anilines is 1. The number of morpholine rings is 1. The van der Waals surface area contributed by atoms with Crippen molar-refractivity contribution >= 4 is 45.8 Å². The van der Waals surface area contributed by atoms with Gasteiger partial charge in [-0.1, -0.05) is 29.8 Å². The quantitative estimate of drug-likeness (QED) is 0.352. The van der Waals surface area contributed by atoms with Gasteiger partial charge in [0.2, 0.25) is 5.91 Å². The maximum absolute atomic E-state index is 12.3. The molecule has 12 heteroatoms. The summed E-state index contributed by atoms with van der Waals surface area (Å²) in [5, 5.41) is 14.8. The van der Waals surface area contributed by atoms with Crippen molar-refractivity contribution in [1.82, 2.24) is 34.7 Å². The van der Waals surface area contributed by atoms with E-state index in [1.165, 1.54) is 6.08 Å². The zero-order valence-corrected chi connectivity index (χ0v) is 28.8. The molecule has 1 amide bonds. The first-order valence-electron chi connectivity index (χ1n) is 16.8. The van der Waals surface area contributed by atoms with Crippen molar-refractivity contribution in [3.05, 3.63) is 40.7 Å². The number of benzene rings is 1. The van der Waals surface area contributed by atoms with Gasteiger partial charge in [0.1, 0.15) is 0 Å². The standard InChI is InChI=1S/C34H46Cl2N8O2/c1-5-29(45)42-9-7-24(8-10-42)44-22(2)30(31-26-18-37-38-28(26)16-27(35)32(31)36)33(39-44)43-11-6-23(17-34(43,3)4)19-40-12-13-41-14-15-46-21-25(41)20-40/h5,16,18,23-25H,1,6-15,17,19-21H2,2-4H3,(H,37,38)/t23-,25+/m1/s1. The van der Waals surface area contributed by atoms with Crippen LogP contribution < -0.4 is 4.90 Å². The zero-order chi connectivity index (χ0) is 32.2. The van der Waals surface area contributed by atoms with Gasteiger partial charge in [-0.25, -0.2) is 0 Å². The van der Waals surface area contributed by atoms with Crippen molar-refractivity contribution in [3.8, 4) is 11.1 Å². The number of carbonyl (C=O) groups is 1. The van der Waals surface area contributed by atoms with Crippen LogP contribution in [0.15, 0.2) is 24.9 Å². The number of halogens is 2. The summed E-state index contributed by atoms with van der Waals surface area (Å²) in [5.74, 6) is 1.55. The molecule has 7 rings (SSSR count). The number of amides is 1. The Labute approximate surface area is 281 Å². The van der Waals surface area contributed by atoms with E-state index in [9.17, 15) is 4.79 Å². The molecule has 0 saturated carbocycles. The number of piperazine rings is 1.